The van der Waals surface area contributed by atoms with Gasteiger partial charge in [0.25, 0.3) is 17.9 Å². The van der Waals surface area contributed by atoms with Gasteiger partial charge in [-0.1, -0.05) is 12.1 Å². The molecule has 6 nitrogen and oxygen atoms in total. The summed E-state index contributed by atoms with van der Waals surface area (Å²) in [6, 6.07) is 6.35. The van der Waals surface area contributed by atoms with Crippen LogP contribution < -0.4 is 14.8 Å². The van der Waals surface area contributed by atoms with E-state index in [1.165, 1.54) is 12.1 Å². The highest BCUT2D eigenvalue weighted by Gasteiger charge is 2.15. The minimum Gasteiger partial charge on any atom is -0.710 e. The van der Waals surface area contributed by atoms with Crippen LogP contribution >= 0.6 is 0 Å². The lowest BCUT2D eigenvalue weighted by Gasteiger charge is -2.08. The van der Waals surface area contributed by atoms with E-state index in [-0.39, 0.29) is 16.9 Å². The molecule has 74 valence electrons. The Kier molecular flexibility index (Phi) is 1.99. The summed E-state index contributed by atoms with van der Waals surface area (Å²) in [6.07, 6.45) is 2.62. The van der Waals surface area contributed by atoms with Gasteiger partial charge in [-0.25, -0.2) is 4.73 Å². The van der Waals surface area contributed by atoms with E-state index in [0.29, 0.717) is 9.46 Å². The van der Waals surface area contributed by atoms with Crippen molar-refractivity contribution in [2.24, 2.45) is 0 Å². The van der Waals surface area contributed by atoms with Gasteiger partial charge in [0.15, 0.2) is 0 Å². The molecule has 0 spiro atoms. The standard InChI is InChI=1S/C9H6N4O2/c10-6-11-9-5-12(14)7-3-1-2-4-8(7)13(9)15/h1-5,11H. The molecule has 2 aromatic rings. The maximum atomic E-state index is 11.6. The van der Waals surface area contributed by atoms with Crippen molar-refractivity contribution < 1.29 is 9.46 Å². The molecule has 2 rings (SSSR count). The van der Waals surface area contributed by atoms with Gasteiger partial charge in [0.2, 0.25) is 5.52 Å². The number of aromatic nitrogens is 2. The van der Waals surface area contributed by atoms with Crippen molar-refractivity contribution >= 4 is 16.9 Å². The quantitative estimate of drug-likeness (QED) is 0.305. The van der Waals surface area contributed by atoms with Crippen LogP contribution in [0.3, 0.4) is 0 Å². The predicted octanol–water partition coefficient (Wildman–Crippen LogP) is -0.000420. The van der Waals surface area contributed by atoms with E-state index < -0.39 is 0 Å². The number of anilines is 1. The molecular formula is C9H6N4O2. The Morgan fingerprint density at radius 3 is 2.53 bits per heavy atom. The highest BCUT2D eigenvalue weighted by Crippen LogP contribution is 2.06. The second kappa shape index (κ2) is 3.31. The molecular weight excluding hydrogens is 196 g/mol. The monoisotopic (exact) mass is 202 g/mol. The lowest BCUT2D eigenvalue weighted by atomic mass is 10.3. The molecule has 0 radical (unpaired) electrons. The van der Waals surface area contributed by atoms with Gasteiger partial charge in [0, 0.05) is 6.07 Å². The summed E-state index contributed by atoms with van der Waals surface area (Å²) in [7, 11) is 0. The lowest BCUT2D eigenvalue weighted by Crippen LogP contribution is -2.39. The SMILES string of the molecule is N#CNc1c[n+]([O-])c2ccccc2[n+]1[O-]. The maximum absolute atomic E-state index is 11.6. The third-order valence-electron chi connectivity index (χ3n) is 1.98. The van der Waals surface area contributed by atoms with Gasteiger partial charge < -0.3 is 10.4 Å². The van der Waals surface area contributed by atoms with Crippen LogP contribution in [0.4, 0.5) is 5.82 Å². The largest absolute Gasteiger partial charge is 0.710 e. The molecule has 1 aromatic carbocycles. The Hall–Kier alpha value is -2.55. The summed E-state index contributed by atoms with van der Waals surface area (Å²) in [6.45, 7) is 0. The van der Waals surface area contributed by atoms with Gasteiger partial charge in [-0.3, -0.25) is 0 Å². The molecule has 0 amide bonds. The van der Waals surface area contributed by atoms with Crippen LogP contribution in [-0.2, 0) is 0 Å². The van der Waals surface area contributed by atoms with Gasteiger partial charge in [0.1, 0.15) is 0 Å². The highest BCUT2D eigenvalue weighted by molar-refractivity contribution is 5.68. The van der Waals surface area contributed by atoms with Crippen molar-refractivity contribution in [1.29, 1.82) is 5.26 Å². The number of rotatable bonds is 1. The van der Waals surface area contributed by atoms with Gasteiger partial charge in [-0.05, 0) is 6.07 Å². The molecule has 0 unspecified atom stereocenters. The predicted molar refractivity (Wildman–Crippen MR) is 51.1 cm³/mol. The van der Waals surface area contributed by atoms with Crippen LogP contribution in [0.2, 0.25) is 0 Å². The summed E-state index contributed by atoms with van der Waals surface area (Å²) in [5, 5.41) is 33.6. The number of nitrogens with zero attached hydrogens (tertiary/aromatic N) is 3. The summed E-state index contributed by atoms with van der Waals surface area (Å²) < 4.78 is 1.05. The average molecular weight is 202 g/mol. The first-order valence-electron chi connectivity index (χ1n) is 4.13. The molecule has 0 aliphatic rings. The molecule has 0 aliphatic carbocycles. The van der Waals surface area contributed by atoms with Crippen molar-refractivity contribution in [2.45, 2.75) is 0 Å². The first-order valence-corrected chi connectivity index (χ1v) is 4.13. The van der Waals surface area contributed by atoms with Gasteiger partial charge in [-0.15, -0.1) is 5.26 Å². The van der Waals surface area contributed by atoms with Crippen molar-refractivity contribution in [3.63, 3.8) is 0 Å². The number of hydrogen-bond acceptors (Lipinski definition) is 4. The van der Waals surface area contributed by atoms with Crippen molar-refractivity contribution in [3.05, 3.63) is 40.9 Å². The molecule has 0 aliphatic heterocycles. The molecule has 6 heteroatoms. The van der Waals surface area contributed by atoms with E-state index in [4.69, 9.17) is 5.26 Å². The Bertz CT molecular complexity index is 562. The fraction of sp³-hybridized carbons (Fsp3) is 0. The zero-order chi connectivity index (χ0) is 10.8. The second-order valence-corrected chi connectivity index (χ2v) is 2.86. The first-order chi connectivity index (χ1) is 7.24. The zero-order valence-corrected chi connectivity index (χ0v) is 7.54. The average Bonchev–Trinajstić information content (AvgIpc) is 2.26. The number of para-hydroxylation sites is 2. The molecule has 1 N–H and O–H groups in total. The fourth-order valence-corrected chi connectivity index (χ4v) is 1.33. The minimum atomic E-state index is -0.0915. The smallest absolute Gasteiger partial charge is 0.359 e. The second-order valence-electron chi connectivity index (χ2n) is 2.86. The highest BCUT2D eigenvalue weighted by atomic mass is 16.5. The number of hydrogen-bond donors (Lipinski definition) is 1. The Labute approximate surface area is 84.8 Å². The molecule has 0 bridgehead atoms. The molecule has 0 fully saturated rings. The molecule has 0 atom stereocenters. The summed E-state index contributed by atoms with van der Waals surface area (Å²) in [5.41, 5.74) is 0.476. The number of benzene rings is 1. The van der Waals surface area contributed by atoms with Crippen molar-refractivity contribution in [2.75, 3.05) is 5.32 Å². The molecule has 1 aromatic heterocycles. The van der Waals surface area contributed by atoms with E-state index in [0.717, 1.165) is 6.20 Å². The van der Waals surface area contributed by atoms with Crippen molar-refractivity contribution in [1.82, 2.24) is 0 Å². The van der Waals surface area contributed by atoms with Gasteiger partial charge in [-0.2, -0.15) is 10.0 Å². The van der Waals surface area contributed by atoms with Gasteiger partial charge in [0.05, 0.1) is 0 Å². The normalized spacial score (nSPS) is 9.80. The maximum Gasteiger partial charge on any atom is 0.359 e. The van der Waals surface area contributed by atoms with Crippen LogP contribution in [0.5, 0.6) is 0 Å². The summed E-state index contributed by atoms with van der Waals surface area (Å²) in [4.78, 5) is 0. The van der Waals surface area contributed by atoms with E-state index in [1.807, 2.05) is 0 Å². The zero-order valence-electron chi connectivity index (χ0n) is 7.54. The minimum absolute atomic E-state index is 0.0915. The molecule has 0 saturated heterocycles. The Balaban J connectivity index is 2.79. The van der Waals surface area contributed by atoms with E-state index in [9.17, 15) is 10.4 Å². The summed E-state index contributed by atoms with van der Waals surface area (Å²) >= 11 is 0. The van der Waals surface area contributed by atoms with Crippen LogP contribution in [0.1, 0.15) is 0 Å². The van der Waals surface area contributed by atoms with E-state index in [1.54, 1.807) is 18.3 Å². The topological polar surface area (TPSA) is 89.7 Å². The van der Waals surface area contributed by atoms with E-state index >= 15 is 0 Å². The Morgan fingerprint density at radius 1 is 1.20 bits per heavy atom. The number of fused-ring (bicyclic) bond motifs is 1. The van der Waals surface area contributed by atoms with Crippen LogP contribution in [0.15, 0.2) is 30.5 Å². The molecule has 15 heavy (non-hydrogen) atoms. The van der Waals surface area contributed by atoms with E-state index in [2.05, 4.69) is 5.32 Å². The fourth-order valence-electron chi connectivity index (χ4n) is 1.33. The molecule has 1 heterocycles. The molecule has 0 saturated carbocycles. The van der Waals surface area contributed by atoms with Crippen LogP contribution in [0, 0.1) is 21.9 Å². The van der Waals surface area contributed by atoms with Crippen LogP contribution in [0.25, 0.3) is 11.0 Å². The Morgan fingerprint density at radius 2 is 1.87 bits per heavy atom. The third-order valence-corrected chi connectivity index (χ3v) is 1.98. The number of nitriles is 1. The summed E-state index contributed by atoms with van der Waals surface area (Å²) in [5.74, 6) is -0.0915. The van der Waals surface area contributed by atoms with Gasteiger partial charge >= 0.3 is 5.82 Å². The van der Waals surface area contributed by atoms with Crippen LogP contribution in [-0.4, -0.2) is 0 Å². The number of nitrogens with one attached hydrogen (secondary N) is 1. The third kappa shape index (κ3) is 1.36. The lowest BCUT2D eigenvalue weighted by molar-refractivity contribution is -0.618. The van der Waals surface area contributed by atoms with Crippen molar-refractivity contribution in [3.8, 4) is 6.19 Å². The first kappa shape index (κ1) is 9.02.